The van der Waals surface area contributed by atoms with Crippen molar-refractivity contribution in [2.45, 2.75) is 31.3 Å². The predicted molar refractivity (Wildman–Crippen MR) is 120 cm³/mol. The molecule has 3 aromatic rings. The van der Waals surface area contributed by atoms with E-state index in [2.05, 4.69) is 27.8 Å². The van der Waals surface area contributed by atoms with E-state index in [4.69, 9.17) is 0 Å². The monoisotopic (exact) mass is 423 g/mol. The van der Waals surface area contributed by atoms with Crippen molar-refractivity contribution in [3.63, 3.8) is 0 Å². The molecule has 8 heteroatoms. The Morgan fingerprint density at radius 1 is 1.00 bits per heavy atom. The molecule has 3 rings (SSSR count). The van der Waals surface area contributed by atoms with Crippen LogP contribution in [0.3, 0.4) is 0 Å². The molecule has 2 amide bonds. The molecule has 1 aromatic heterocycles. The molecule has 0 saturated heterocycles. The van der Waals surface area contributed by atoms with Gasteiger partial charge in [-0.15, -0.1) is 10.2 Å². The maximum atomic E-state index is 12.5. The third-order valence-electron chi connectivity index (χ3n) is 4.46. The first-order chi connectivity index (χ1) is 14.5. The summed E-state index contributed by atoms with van der Waals surface area (Å²) < 4.78 is 1.75. The minimum Gasteiger partial charge on any atom is -0.325 e. The molecule has 30 heavy (non-hydrogen) atoms. The van der Waals surface area contributed by atoms with Crippen LogP contribution in [0.2, 0.25) is 0 Å². The lowest BCUT2D eigenvalue weighted by Gasteiger charge is -2.08. The Bertz CT molecular complexity index is 984. The van der Waals surface area contributed by atoms with Crippen LogP contribution < -0.4 is 10.6 Å². The van der Waals surface area contributed by atoms with Crippen LogP contribution in [0.25, 0.3) is 0 Å². The van der Waals surface area contributed by atoms with Crippen molar-refractivity contribution in [3.05, 3.63) is 66.0 Å². The Kier molecular flexibility index (Phi) is 7.62. The van der Waals surface area contributed by atoms with Gasteiger partial charge < -0.3 is 15.2 Å². The van der Waals surface area contributed by atoms with E-state index in [-0.39, 0.29) is 17.6 Å². The smallest absolute Gasteiger partial charge is 0.255 e. The van der Waals surface area contributed by atoms with Gasteiger partial charge in [-0.3, -0.25) is 9.59 Å². The summed E-state index contributed by atoms with van der Waals surface area (Å²) in [6, 6.07) is 14.7. The number of unbranched alkanes of at least 4 members (excludes halogenated alkanes) is 1. The predicted octanol–water partition coefficient (Wildman–Crippen LogP) is 4.14. The van der Waals surface area contributed by atoms with Gasteiger partial charge in [0.2, 0.25) is 5.91 Å². The Morgan fingerprint density at radius 3 is 2.30 bits per heavy atom. The van der Waals surface area contributed by atoms with Gasteiger partial charge in [-0.2, -0.15) is 0 Å². The molecular weight excluding hydrogens is 398 g/mol. The molecular formula is C22H25N5O2S. The van der Waals surface area contributed by atoms with Gasteiger partial charge in [-0.25, -0.2) is 0 Å². The molecule has 0 spiro atoms. The number of aromatic nitrogens is 3. The van der Waals surface area contributed by atoms with E-state index in [0.29, 0.717) is 16.4 Å². The SMILES string of the molecule is CCCCc1ccc(NC(=O)c2ccc(NC(=O)CSc3nncn3C)cc2)cc1. The number of hydrogen-bond donors (Lipinski definition) is 2. The minimum atomic E-state index is -0.188. The average Bonchev–Trinajstić information content (AvgIpc) is 3.17. The van der Waals surface area contributed by atoms with Crippen LogP contribution in [0.5, 0.6) is 0 Å². The van der Waals surface area contributed by atoms with E-state index in [1.165, 1.54) is 17.3 Å². The third kappa shape index (κ3) is 6.18. The van der Waals surface area contributed by atoms with Crippen molar-refractivity contribution in [1.29, 1.82) is 0 Å². The van der Waals surface area contributed by atoms with Gasteiger partial charge in [-0.05, 0) is 54.8 Å². The second-order valence-corrected chi connectivity index (χ2v) is 7.84. The number of hydrogen-bond acceptors (Lipinski definition) is 5. The first-order valence-electron chi connectivity index (χ1n) is 9.82. The van der Waals surface area contributed by atoms with E-state index in [1.807, 2.05) is 31.3 Å². The summed E-state index contributed by atoms with van der Waals surface area (Å²) in [5.41, 5.74) is 3.19. The van der Waals surface area contributed by atoms with Crippen LogP contribution in [0, 0.1) is 0 Å². The van der Waals surface area contributed by atoms with Crippen LogP contribution in [0.15, 0.2) is 60.0 Å². The lowest BCUT2D eigenvalue weighted by Crippen LogP contribution is -2.15. The fourth-order valence-electron chi connectivity index (χ4n) is 2.77. The van der Waals surface area contributed by atoms with E-state index in [0.717, 1.165) is 24.9 Å². The zero-order chi connectivity index (χ0) is 21.3. The largest absolute Gasteiger partial charge is 0.325 e. The number of carbonyl (C=O) groups is 2. The van der Waals surface area contributed by atoms with Crippen molar-refractivity contribution in [3.8, 4) is 0 Å². The van der Waals surface area contributed by atoms with E-state index in [9.17, 15) is 9.59 Å². The molecule has 0 atom stereocenters. The van der Waals surface area contributed by atoms with E-state index >= 15 is 0 Å². The first kappa shape index (κ1) is 21.6. The average molecular weight is 424 g/mol. The second kappa shape index (κ2) is 10.6. The van der Waals surface area contributed by atoms with Gasteiger partial charge in [-0.1, -0.05) is 37.2 Å². The summed E-state index contributed by atoms with van der Waals surface area (Å²) in [5.74, 6) is -0.112. The fourth-order valence-corrected chi connectivity index (χ4v) is 3.46. The van der Waals surface area contributed by atoms with Crippen molar-refractivity contribution in [1.82, 2.24) is 14.8 Å². The first-order valence-corrected chi connectivity index (χ1v) is 10.8. The molecule has 0 aliphatic rings. The second-order valence-electron chi connectivity index (χ2n) is 6.89. The molecule has 2 aromatic carbocycles. The number of nitrogens with one attached hydrogen (secondary N) is 2. The van der Waals surface area contributed by atoms with Gasteiger partial charge >= 0.3 is 0 Å². The zero-order valence-corrected chi connectivity index (χ0v) is 17.9. The van der Waals surface area contributed by atoms with Crippen LogP contribution in [-0.2, 0) is 18.3 Å². The molecule has 0 unspecified atom stereocenters. The van der Waals surface area contributed by atoms with Gasteiger partial charge in [0, 0.05) is 24.0 Å². The number of aryl methyl sites for hydroxylation is 2. The Hall–Kier alpha value is -3.13. The Balaban J connectivity index is 1.50. The highest BCUT2D eigenvalue weighted by atomic mass is 32.2. The highest BCUT2D eigenvalue weighted by molar-refractivity contribution is 7.99. The maximum absolute atomic E-state index is 12.5. The third-order valence-corrected chi connectivity index (χ3v) is 5.50. The maximum Gasteiger partial charge on any atom is 0.255 e. The van der Waals surface area contributed by atoms with Gasteiger partial charge in [0.25, 0.3) is 5.91 Å². The van der Waals surface area contributed by atoms with Gasteiger partial charge in [0.15, 0.2) is 5.16 Å². The standard InChI is InChI=1S/C22H25N5O2S/c1-3-4-5-16-6-10-19(11-7-16)25-21(29)17-8-12-18(13-9-17)24-20(28)14-30-22-26-23-15-27(22)2/h6-13,15H,3-5,14H2,1-2H3,(H,24,28)(H,25,29). The number of nitrogens with zero attached hydrogens (tertiary/aromatic N) is 3. The Labute approximate surface area is 180 Å². The van der Waals surface area contributed by atoms with Crippen LogP contribution in [-0.4, -0.2) is 32.3 Å². The molecule has 0 fully saturated rings. The van der Waals surface area contributed by atoms with E-state index in [1.54, 1.807) is 35.2 Å². The fraction of sp³-hybridized carbons (Fsp3) is 0.273. The lowest BCUT2D eigenvalue weighted by atomic mass is 10.1. The summed E-state index contributed by atoms with van der Waals surface area (Å²) in [6.45, 7) is 2.17. The van der Waals surface area contributed by atoms with E-state index < -0.39 is 0 Å². The molecule has 1 heterocycles. The zero-order valence-electron chi connectivity index (χ0n) is 17.1. The minimum absolute atomic E-state index is 0.150. The summed E-state index contributed by atoms with van der Waals surface area (Å²) in [4.78, 5) is 24.6. The van der Waals surface area contributed by atoms with Crippen molar-refractivity contribution in [2.75, 3.05) is 16.4 Å². The van der Waals surface area contributed by atoms with Gasteiger partial charge in [0.05, 0.1) is 5.75 Å². The molecule has 0 aliphatic heterocycles. The number of carbonyl (C=O) groups excluding carboxylic acids is 2. The summed E-state index contributed by atoms with van der Waals surface area (Å²) in [7, 11) is 1.82. The van der Waals surface area contributed by atoms with Crippen molar-refractivity contribution >= 4 is 35.0 Å². The number of thioether (sulfide) groups is 1. The molecule has 0 saturated carbocycles. The molecule has 0 radical (unpaired) electrons. The highest BCUT2D eigenvalue weighted by Crippen LogP contribution is 2.16. The Morgan fingerprint density at radius 2 is 1.67 bits per heavy atom. The number of rotatable bonds is 9. The number of anilines is 2. The van der Waals surface area contributed by atoms with Crippen LogP contribution in [0.4, 0.5) is 11.4 Å². The molecule has 7 nitrogen and oxygen atoms in total. The quantitative estimate of drug-likeness (QED) is 0.505. The number of amides is 2. The summed E-state index contributed by atoms with van der Waals surface area (Å²) in [5, 5.41) is 14.1. The molecule has 0 aliphatic carbocycles. The highest BCUT2D eigenvalue weighted by Gasteiger charge is 2.09. The lowest BCUT2D eigenvalue weighted by molar-refractivity contribution is -0.113. The van der Waals surface area contributed by atoms with Gasteiger partial charge in [0.1, 0.15) is 6.33 Å². The molecule has 156 valence electrons. The topological polar surface area (TPSA) is 88.9 Å². The van der Waals surface area contributed by atoms with Crippen molar-refractivity contribution in [2.24, 2.45) is 7.05 Å². The summed E-state index contributed by atoms with van der Waals surface area (Å²) >= 11 is 1.31. The van der Waals surface area contributed by atoms with Crippen molar-refractivity contribution < 1.29 is 9.59 Å². The van der Waals surface area contributed by atoms with Crippen LogP contribution >= 0.6 is 11.8 Å². The molecule has 2 N–H and O–H groups in total. The normalized spacial score (nSPS) is 10.6. The van der Waals surface area contributed by atoms with Crippen LogP contribution in [0.1, 0.15) is 35.7 Å². The number of benzene rings is 2. The molecule has 0 bridgehead atoms. The summed E-state index contributed by atoms with van der Waals surface area (Å²) in [6.07, 6.45) is 4.96.